The van der Waals surface area contributed by atoms with Gasteiger partial charge in [0.05, 0.1) is 6.10 Å². The molecule has 1 aromatic carbocycles. The Labute approximate surface area is 109 Å². The average molecular weight is 249 g/mol. The fourth-order valence-electron chi connectivity index (χ4n) is 2.31. The topological polar surface area (TPSA) is 61.5 Å². The van der Waals surface area contributed by atoms with Gasteiger partial charge < -0.3 is 21.1 Å². The predicted octanol–water partition coefficient (Wildman–Crippen LogP) is 0.988. The van der Waals surface area contributed by atoms with Crippen molar-refractivity contribution in [1.82, 2.24) is 10.2 Å². The number of hydrogen-bond donors (Lipinski definition) is 3. The van der Waals surface area contributed by atoms with Crippen molar-refractivity contribution < 1.29 is 5.11 Å². The zero-order valence-electron chi connectivity index (χ0n) is 10.8. The Morgan fingerprint density at radius 3 is 2.78 bits per heavy atom. The number of hydrogen-bond acceptors (Lipinski definition) is 4. The molecule has 4 heteroatoms. The van der Waals surface area contributed by atoms with Gasteiger partial charge in [-0.2, -0.15) is 0 Å². The highest BCUT2D eigenvalue weighted by Crippen LogP contribution is 2.18. The van der Waals surface area contributed by atoms with Crippen molar-refractivity contribution in [1.29, 1.82) is 0 Å². The number of rotatable bonds is 4. The quantitative estimate of drug-likeness (QED) is 0.696. The van der Waals surface area contributed by atoms with Gasteiger partial charge in [-0.25, -0.2) is 0 Å². The van der Waals surface area contributed by atoms with E-state index in [2.05, 4.69) is 10.2 Å². The number of nitrogens with zero attached hydrogens (tertiary/aromatic N) is 1. The summed E-state index contributed by atoms with van der Waals surface area (Å²) in [6, 6.07) is 7.50. The lowest BCUT2D eigenvalue weighted by molar-refractivity contribution is 0.144. The number of nitrogens with two attached hydrogens (primary N) is 1. The maximum Gasteiger partial charge on any atom is 0.0802 e. The van der Waals surface area contributed by atoms with Crippen LogP contribution in [0.15, 0.2) is 24.3 Å². The van der Waals surface area contributed by atoms with Gasteiger partial charge in [0.1, 0.15) is 0 Å². The van der Waals surface area contributed by atoms with Crippen molar-refractivity contribution in [3.8, 4) is 0 Å². The maximum absolute atomic E-state index is 10.1. The summed E-state index contributed by atoms with van der Waals surface area (Å²) < 4.78 is 0. The minimum absolute atomic E-state index is 0.387. The van der Waals surface area contributed by atoms with E-state index < -0.39 is 0 Å². The van der Waals surface area contributed by atoms with Gasteiger partial charge in [0.15, 0.2) is 0 Å². The van der Waals surface area contributed by atoms with Crippen LogP contribution in [0.2, 0.25) is 0 Å². The molecule has 1 aromatic rings. The Bertz CT molecular complexity index is 345. The molecule has 0 spiro atoms. The minimum atomic E-state index is -0.387. The number of aliphatic hydroxyl groups excluding tert-OH is 1. The van der Waals surface area contributed by atoms with E-state index in [0.717, 1.165) is 50.4 Å². The van der Waals surface area contributed by atoms with E-state index in [0.29, 0.717) is 0 Å². The number of nitrogen functional groups attached to an aromatic ring is 1. The summed E-state index contributed by atoms with van der Waals surface area (Å²) in [5.74, 6) is 0. The maximum atomic E-state index is 10.1. The number of benzene rings is 1. The minimum Gasteiger partial charge on any atom is -0.399 e. The Balaban J connectivity index is 1.80. The van der Waals surface area contributed by atoms with E-state index in [1.54, 1.807) is 0 Å². The molecule has 0 radical (unpaired) electrons. The van der Waals surface area contributed by atoms with Crippen LogP contribution in [0.3, 0.4) is 0 Å². The number of anilines is 1. The summed E-state index contributed by atoms with van der Waals surface area (Å²) in [4.78, 5) is 2.42. The van der Waals surface area contributed by atoms with Crippen LogP contribution >= 0.6 is 0 Å². The zero-order valence-corrected chi connectivity index (χ0v) is 10.8. The van der Waals surface area contributed by atoms with Gasteiger partial charge >= 0.3 is 0 Å². The van der Waals surface area contributed by atoms with Gasteiger partial charge in [0.25, 0.3) is 0 Å². The summed E-state index contributed by atoms with van der Waals surface area (Å²) in [5.41, 5.74) is 7.33. The molecule has 1 aliphatic heterocycles. The molecule has 0 aromatic heterocycles. The molecule has 0 bridgehead atoms. The molecule has 2 rings (SSSR count). The van der Waals surface area contributed by atoms with E-state index in [-0.39, 0.29) is 6.10 Å². The monoisotopic (exact) mass is 249 g/mol. The summed E-state index contributed by atoms with van der Waals surface area (Å²) in [6.07, 6.45) is 1.59. The Morgan fingerprint density at radius 1 is 1.22 bits per heavy atom. The molecule has 1 saturated heterocycles. The molecule has 1 fully saturated rings. The van der Waals surface area contributed by atoms with Crippen molar-refractivity contribution in [3.63, 3.8) is 0 Å². The molecule has 1 unspecified atom stereocenters. The predicted molar refractivity (Wildman–Crippen MR) is 74.4 cm³/mol. The first-order valence-corrected chi connectivity index (χ1v) is 6.72. The summed E-state index contributed by atoms with van der Waals surface area (Å²) in [7, 11) is 0. The standard InChI is InChI=1S/C14H23N3O/c15-13-4-2-12(3-5-13)14(18)6-10-17-9-1-7-16-8-11-17/h2-5,14,16,18H,1,6-11,15H2. The van der Waals surface area contributed by atoms with Gasteiger partial charge in [-0.05, 0) is 43.6 Å². The molecule has 1 aliphatic rings. The third-order valence-corrected chi connectivity index (χ3v) is 3.47. The van der Waals surface area contributed by atoms with Crippen molar-refractivity contribution in [3.05, 3.63) is 29.8 Å². The van der Waals surface area contributed by atoms with Gasteiger partial charge in [-0.3, -0.25) is 0 Å². The van der Waals surface area contributed by atoms with Crippen LogP contribution < -0.4 is 11.1 Å². The molecule has 4 N–H and O–H groups in total. The summed E-state index contributed by atoms with van der Waals surface area (Å²) in [5, 5.41) is 13.5. The average Bonchev–Trinajstić information content (AvgIpc) is 2.65. The fourth-order valence-corrected chi connectivity index (χ4v) is 2.31. The van der Waals surface area contributed by atoms with Gasteiger partial charge in [0.2, 0.25) is 0 Å². The third kappa shape index (κ3) is 3.98. The summed E-state index contributed by atoms with van der Waals surface area (Å²) in [6.45, 7) is 5.32. The number of nitrogens with one attached hydrogen (secondary N) is 1. The smallest absolute Gasteiger partial charge is 0.0802 e. The molecule has 0 saturated carbocycles. The highest BCUT2D eigenvalue weighted by atomic mass is 16.3. The lowest BCUT2D eigenvalue weighted by Gasteiger charge is -2.21. The molecule has 1 atom stereocenters. The van der Waals surface area contributed by atoms with Crippen LogP contribution in [-0.4, -0.2) is 42.7 Å². The zero-order chi connectivity index (χ0) is 12.8. The van der Waals surface area contributed by atoms with Crippen LogP contribution in [0.25, 0.3) is 0 Å². The van der Waals surface area contributed by atoms with Gasteiger partial charge in [-0.15, -0.1) is 0 Å². The van der Waals surface area contributed by atoms with Gasteiger partial charge in [0, 0.05) is 25.3 Å². The molecular weight excluding hydrogens is 226 g/mol. The highest BCUT2D eigenvalue weighted by Gasteiger charge is 2.12. The molecule has 4 nitrogen and oxygen atoms in total. The second-order valence-corrected chi connectivity index (χ2v) is 4.92. The Kier molecular flexibility index (Phi) is 4.99. The SMILES string of the molecule is Nc1ccc(C(O)CCN2CCCNCC2)cc1. The van der Waals surface area contributed by atoms with Crippen LogP contribution in [0.4, 0.5) is 5.69 Å². The lowest BCUT2D eigenvalue weighted by Crippen LogP contribution is -2.29. The fraction of sp³-hybridized carbons (Fsp3) is 0.571. The first-order valence-electron chi connectivity index (χ1n) is 6.72. The normalized spacial score (nSPS) is 19.4. The molecule has 18 heavy (non-hydrogen) atoms. The van der Waals surface area contributed by atoms with E-state index >= 15 is 0 Å². The van der Waals surface area contributed by atoms with Crippen LogP contribution in [0.1, 0.15) is 24.5 Å². The second kappa shape index (κ2) is 6.73. The first kappa shape index (κ1) is 13.3. The van der Waals surface area contributed by atoms with Crippen LogP contribution in [-0.2, 0) is 0 Å². The van der Waals surface area contributed by atoms with Gasteiger partial charge in [-0.1, -0.05) is 12.1 Å². The lowest BCUT2D eigenvalue weighted by atomic mass is 10.1. The van der Waals surface area contributed by atoms with E-state index in [1.807, 2.05) is 24.3 Å². The van der Waals surface area contributed by atoms with Crippen molar-refractivity contribution in [2.75, 3.05) is 38.5 Å². The molecular formula is C14H23N3O. The van der Waals surface area contributed by atoms with E-state index in [4.69, 9.17) is 5.73 Å². The first-order chi connectivity index (χ1) is 8.75. The van der Waals surface area contributed by atoms with E-state index in [9.17, 15) is 5.11 Å². The van der Waals surface area contributed by atoms with Crippen LogP contribution in [0, 0.1) is 0 Å². The van der Waals surface area contributed by atoms with E-state index in [1.165, 1.54) is 6.42 Å². The molecule has 0 aliphatic carbocycles. The largest absolute Gasteiger partial charge is 0.399 e. The Hall–Kier alpha value is -1.10. The second-order valence-electron chi connectivity index (χ2n) is 4.92. The molecule has 100 valence electrons. The third-order valence-electron chi connectivity index (χ3n) is 3.47. The van der Waals surface area contributed by atoms with Crippen LogP contribution in [0.5, 0.6) is 0 Å². The summed E-state index contributed by atoms with van der Waals surface area (Å²) >= 11 is 0. The highest BCUT2D eigenvalue weighted by molar-refractivity contribution is 5.39. The van der Waals surface area contributed by atoms with Crippen molar-refractivity contribution in [2.45, 2.75) is 18.9 Å². The molecule has 1 heterocycles. The van der Waals surface area contributed by atoms with Crippen molar-refractivity contribution in [2.24, 2.45) is 0 Å². The van der Waals surface area contributed by atoms with Crippen molar-refractivity contribution >= 4 is 5.69 Å². The number of aliphatic hydroxyl groups is 1. The molecule has 0 amide bonds. The Morgan fingerprint density at radius 2 is 2.00 bits per heavy atom.